The molecule has 2 aromatic carbocycles. The number of hydrogen-bond donors (Lipinski definition) is 0. The van der Waals surface area contributed by atoms with Gasteiger partial charge in [-0.05, 0) is 53.1 Å². The quantitative estimate of drug-likeness (QED) is 0.702. The van der Waals surface area contributed by atoms with Crippen LogP contribution in [0.3, 0.4) is 0 Å². The third-order valence-corrected chi connectivity index (χ3v) is 4.80. The van der Waals surface area contributed by atoms with E-state index in [1.54, 1.807) is 0 Å². The van der Waals surface area contributed by atoms with Crippen molar-refractivity contribution in [2.45, 2.75) is 58.7 Å². The van der Waals surface area contributed by atoms with Gasteiger partial charge in [0.1, 0.15) is 0 Å². The van der Waals surface area contributed by atoms with Crippen LogP contribution in [0.2, 0.25) is 0 Å². The number of ether oxygens (including phenoxy) is 1. The van der Waals surface area contributed by atoms with Crippen LogP contribution in [-0.4, -0.2) is 6.10 Å². The molecule has 2 aromatic rings. The van der Waals surface area contributed by atoms with Gasteiger partial charge in [-0.15, -0.1) is 0 Å². The summed E-state index contributed by atoms with van der Waals surface area (Å²) in [7, 11) is 0. The first-order chi connectivity index (χ1) is 10.2. The Bertz CT molecular complexity index is 616. The summed E-state index contributed by atoms with van der Waals surface area (Å²) in [6.07, 6.45) is 5.41. The maximum atomic E-state index is 6.39. The van der Waals surface area contributed by atoms with E-state index in [0.29, 0.717) is 12.0 Å². The summed E-state index contributed by atoms with van der Waals surface area (Å²) in [6, 6.07) is 13.4. The number of benzene rings is 2. The molecule has 1 heteroatoms. The minimum absolute atomic E-state index is 0.279. The average Bonchev–Trinajstić information content (AvgIpc) is 2.86. The molecule has 1 heterocycles. The zero-order valence-electron chi connectivity index (χ0n) is 13.4. The Hall–Kier alpha value is -1.34. The van der Waals surface area contributed by atoms with Crippen molar-refractivity contribution < 1.29 is 4.74 Å². The lowest BCUT2D eigenvalue weighted by molar-refractivity contribution is 0.0306. The number of fused-ring (bicyclic) bond motifs is 1. The molecule has 0 radical (unpaired) electrons. The van der Waals surface area contributed by atoms with Gasteiger partial charge in [0.05, 0.1) is 12.2 Å². The van der Waals surface area contributed by atoms with Crippen LogP contribution < -0.4 is 0 Å². The molecule has 112 valence electrons. The van der Waals surface area contributed by atoms with Gasteiger partial charge >= 0.3 is 0 Å². The summed E-state index contributed by atoms with van der Waals surface area (Å²) in [5.41, 5.74) is 2.87. The molecular weight excluding hydrogens is 256 g/mol. The van der Waals surface area contributed by atoms with Gasteiger partial charge in [0.15, 0.2) is 0 Å². The van der Waals surface area contributed by atoms with Crippen molar-refractivity contribution in [3.05, 3.63) is 47.5 Å². The third kappa shape index (κ3) is 2.85. The monoisotopic (exact) mass is 282 g/mol. The van der Waals surface area contributed by atoms with E-state index in [2.05, 4.69) is 57.2 Å². The van der Waals surface area contributed by atoms with Crippen LogP contribution in [0.1, 0.15) is 57.3 Å². The second kappa shape index (κ2) is 6.19. The van der Waals surface area contributed by atoms with Crippen LogP contribution in [0.15, 0.2) is 36.4 Å². The van der Waals surface area contributed by atoms with Gasteiger partial charge in [0.25, 0.3) is 0 Å². The van der Waals surface area contributed by atoms with Gasteiger partial charge in [0.2, 0.25) is 0 Å². The largest absolute Gasteiger partial charge is 0.370 e. The van der Waals surface area contributed by atoms with Crippen LogP contribution in [0.4, 0.5) is 0 Å². The number of hydrogen-bond acceptors (Lipinski definition) is 1. The normalized spacial score (nSPS) is 25.6. The molecule has 1 aliphatic rings. The summed E-state index contributed by atoms with van der Waals surface area (Å²) in [4.78, 5) is 0. The maximum Gasteiger partial charge on any atom is 0.0858 e. The van der Waals surface area contributed by atoms with E-state index >= 15 is 0 Å². The Morgan fingerprint density at radius 3 is 2.48 bits per heavy atom. The summed E-state index contributed by atoms with van der Waals surface area (Å²) < 4.78 is 6.39. The fourth-order valence-electron chi connectivity index (χ4n) is 3.70. The first kappa shape index (κ1) is 14.6. The molecule has 1 saturated heterocycles. The fraction of sp³-hybridized carbons (Fsp3) is 0.500. The molecule has 0 N–H and O–H groups in total. The lowest BCUT2D eigenvalue weighted by atomic mass is 9.89. The van der Waals surface area contributed by atoms with Crippen molar-refractivity contribution in [3.8, 4) is 0 Å². The molecule has 0 aromatic heterocycles. The molecule has 21 heavy (non-hydrogen) atoms. The van der Waals surface area contributed by atoms with Crippen LogP contribution >= 0.6 is 0 Å². The van der Waals surface area contributed by atoms with E-state index < -0.39 is 0 Å². The average molecular weight is 282 g/mol. The van der Waals surface area contributed by atoms with Crippen molar-refractivity contribution in [1.29, 1.82) is 0 Å². The zero-order chi connectivity index (χ0) is 14.8. The van der Waals surface area contributed by atoms with Crippen molar-refractivity contribution >= 4 is 10.8 Å². The second-order valence-corrected chi connectivity index (χ2v) is 6.43. The lowest BCUT2D eigenvalue weighted by Gasteiger charge is -2.20. The number of rotatable bonds is 4. The van der Waals surface area contributed by atoms with E-state index in [1.165, 1.54) is 41.2 Å². The highest BCUT2D eigenvalue weighted by atomic mass is 16.5. The van der Waals surface area contributed by atoms with Crippen molar-refractivity contribution in [2.24, 2.45) is 5.92 Å². The molecule has 0 aliphatic carbocycles. The van der Waals surface area contributed by atoms with E-state index in [0.717, 1.165) is 6.42 Å². The third-order valence-electron chi connectivity index (χ3n) is 4.80. The van der Waals surface area contributed by atoms with Crippen LogP contribution in [0.25, 0.3) is 10.8 Å². The first-order valence-electron chi connectivity index (χ1n) is 8.40. The lowest BCUT2D eigenvalue weighted by Crippen LogP contribution is -2.09. The van der Waals surface area contributed by atoms with Gasteiger partial charge in [0, 0.05) is 0 Å². The molecule has 1 fully saturated rings. The molecule has 1 nitrogen and oxygen atoms in total. The Kier molecular flexibility index (Phi) is 4.30. The molecular formula is C20H26O. The van der Waals surface area contributed by atoms with Crippen LogP contribution in [-0.2, 0) is 11.2 Å². The molecule has 0 amide bonds. The highest BCUT2D eigenvalue weighted by Crippen LogP contribution is 2.41. The molecule has 1 unspecified atom stereocenters. The predicted octanol–water partition coefficient (Wildman–Crippen LogP) is 5.67. The van der Waals surface area contributed by atoms with E-state index in [1.807, 2.05) is 0 Å². The Balaban J connectivity index is 1.99. The van der Waals surface area contributed by atoms with Crippen LogP contribution in [0.5, 0.6) is 0 Å². The summed E-state index contributed by atoms with van der Waals surface area (Å²) in [5, 5.41) is 2.67. The molecule has 0 spiro atoms. The van der Waals surface area contributed by atoms with Gasteiger partial charge < -0.3 is 4.74 Å². The molecule has 0 bridgehead atoms. The van der Waals surface area contributed by atoms with Crippen molar-refractivity contribution in [3.63, 3.8) is 0 Å². The summed E-state index contributed by atoms with van der Waals surface area (Å²) >= 11 is 0. The standard InChI is InChI=1S/C20H26O/c1-4-8-18-11-14(3)20(21-18)19-13-17-10-7-6-9-16(17)12-15(19)5-2/h6-7,9-10,12-14,18,20H,4-5,8,11H2,1-3H3/t14?,18-,20-/m1/s1. The molecule has 3 atom stereocenters. The Labute approximate surface area is 128 Å². The van der Waals surface area contributed by atoms with E-state index in [9.17, 15) is 0 Å². The van der Waals surface area contributed by atoms with Crippen LogP contribution in [0, 0.1) is 5.92 Å². The Morgan fingerprint density at radius 2 is 1.81 bits per heavy atom. The minimum Gasteiger partial charge on any atom is -0.370 e. The number of aryl methyl sites for hydroxylation is 1. The predicted molar refractivity (Wildman–Crippen MR) is 89.6 cm³/mol. The topological polar surface area (TPSA) is 9.23 Å². The summed E-state index contributed by atoms with van der Waals surface area (Å²) in [5.74, 6) is 0.619. The highest BCUT2D eigenvalue weighted by molar-refractivity contribution is 5.84. The zero-order valence-corrected chi connectivity index (χ0v) is 13.4. The maximum absolute atomic E-state index is 6.39. The van der Waals surface area contributed by atoms with E-state index in [-0.39, 0.29) is 6.10 Å². The molecule has 1 aliphatic heterocycles. The molecule has 3 rings (SSSR count). The first-order valence-corrected chi connectivity index (χ1v) is 8.40. The molecule has 0 saturated carbocycles. The second-order valence-electron chi connectivity index (χ2n) is 6.43. The van der Waals surface area contributed by atoms with Gasteiger partial charge in [-0.25, -0.2) is 0 Å². The minimum atomic E-state index is 0.279. The summed E-state index contributed by atoms with van der Waals surface area (Å²) in [6.45, 7) is 6.83. The van der Waals surface area contributed by atoms with Crippen molar-refractivity contribution in [2.75, 3.05) is 0 Å². The highest BCUT2D eigenvalue weighted by Gasteiger charge is 2.33. The van der Waals surface area contributed by atoms with Gasteiger partial charge in [-0.2, -0.15) is 0 Å². The smallest absolute Gasteiger partial charge is 0.0858 e. The fourth-order valence-corrected chi connectivity index (χ4v) is 3.70. The SMILES string of the molecule is CCC[C@@H]1CC(C)[C@H](c2cc3ccccc3cc2CC)O1. The Morgan fingerprint density at radius 1 is 1.10 bits per heavy atom. The van der Waals surface area contributed by atoms with Crippen molar-refractivity contribution in [1.82, 2.24) is 0 Å². The van der Waals surface area contributed by atoms with Gasteiger partial charge in [-0.1, -0.05) is 57.5 Å². The van der Waals surface area contributed by atoms with E-state index in [4.69, 9.17) is 4.74 Å². The van der Waals surface area contributed by atoms with Gasteiger partial charge in [-0.3, -0.25) is 0 Å².